The van der Waals surface area contributed by atoms with Gasteiger partial charge in [-0.05, 0) is 20.8 Å². The quantitative estimate of drug-likeness (QED) is 0.751. The van der Waals surface area contributed by atoms with Gasteiger partial charge in [-0.25, -0.2) is 13.6 Å². The van der Waals surface area contributed by atoms with Crippen LogP contribution in [0.25, 0.3) is 0 Å². The van der Waals surface area contributed by atoms with E-state index in [2.05, 4.69) is 0 Å². The van der Waals surface area contributed by atoms with Gasteiger partial charge in [0.2, 0.25) is 6.43 Å². The Hall–Kier alpha value is -1.38. The molecule has 1 amide bonds. The van der Waals surface area contributed by atoms with E-state index in [1.807, 2.05) is 6.07 Å². The van der Waals surface area contributed by atoms with Gasteiger partial charge in [-0.3, -0.25) is 0 Å². The summed E-state index contributed by atoms with van der Waals surface area (Å²) >= 11 is 0. The fourth-order valence-corrected chi connectivity index (χ4v) is 1.68. The molecule has 0 aromatic heterocycles. The molecule has 0 unspecified atom stereocenters. The first-order chi connectivity index (χ1) is 7.67. The van der Waals surface area contributed by atoms with Crippen molar-refractivity contribution in [1.82, 2.24) is 4.90 Å². The average molecular weight is 246 g/mol. The number of rotatable bonds is 2. The van der Waals surface area contributed by atoms with Gasteiger partial charge in [-0.15, -0.1) is 0 Å². The van der Waals surface area contributed by atoms with Crippen LogP contribution >= 0.6 is 0 Å². The highest BCUT2D eigenvalue weighted by molar-refractivity contribution is 5.69. The summed E-state index contributed by atoms with van der Waals surface area (Å²) in [5, 5.41) is 8.86. The molecule has 1 aliphatic heterocycles. The molecule has 4 nitrogen and oxygen atoms in total. The van der Waals surface area contributed by atoms with Gasteiger partial charge in [0.15, 0.2) is 0 Å². The summed E-state index contributed by atoms with van der Waals surface area (Å²) in [6.07, 6.45) is -3.59. The molecule has 6 heteroatoms. The second kappa shape index (κ2) is 4.47. The van der Waals surface area contributed by atoms with Crippen LogP contribution in [0.2, 0.25) is 0 Å². The van der Waals surface area contributed by atoms with E-state index < -0.39 is 30.0 Å². The number of ether oxygens (including phenoxy) is 1. The highest BCUT2D eigenvalue weighted by Gasteiger charge is 2.48. The smallest absolute Gasteiger partial charge is 0.410 e. The van der Waals surface area contributed by atoms with Crippen molar-refractivity contribution in [2.24, 2.45) is 5.41 Å². The van der Waals surface area contributed by atoms with Crippen LogP contribution < -0.4 is 0 Å². The van der Waals surface area contributed by atoms with Crippen molar-refractivity contribution in [2.75, 3.05) is 13.1 Å². The normalized spacial score (nSPS) is 18.5. The van der Waals surface area contributed by atoms with Gasteiger partial charge in [0, 0.05) is 19.5 Å². The first kappa shape index (κ1) is 13.7. The molecular weight excluding hydrogens is 230 g/mol. The third-order valence-electron chi connectivity index (χ3n) is 2.42. The van der Waals surface area contributed by atoms with Gasteiger partial charge in [0.1, 0.15) is 5.60 Å². The van der Waals surface area contributed by atoms with E-state index in [-0.39, 0.29) is 13.1 Å². The maximum absolute atomic E-state index is 12.3. The number of nitriles is 1. The predicted molar refractivity (Wildman–Crippen MR) is 56.5 cm³/mol. The van der Waals surface area contributed by atoms with E-state index in [4.69, 9.17) is 10.00 Å². The van der Waals surface area contributed by atoms with Crippen molar-refractivity contribution < 1.29 is 18.3 Å². The number of amides is 1. The van der Waals surface area contributed by atoms with Crippen molar-refractivity contribution in [3.05, 3.63) is 0 Å². The summed E-state index contributed by atoms with van der Waals surface area (Å²) in [7, 11) is 0. The van der Waals surface area contributed by atoms with E-state index in [9.17, 15) is 13.6 Å². The van der Waals surface area contributed by atoms with E-state index >= 15 is 0 Å². The van der Waals surface area contributed by atoms with Gasteiger partial charge >= 0.3 is 6.09 Å². The lowest BCUT2D eigenvalue weighted by Crippen LogP contribution is -2.59. The molecule has 0 N–H and O–H groups in total. The topological polar surface area (TPSA) is 53.3 Å². The van der Waals surface area contributed by atoms with Crippen molar-refractivity contribution in [1.29, 1.82) is 5.26 Å². The highest BCUT2D eigenvalue weighted by Crippen LogP contribution is 2.36. The molecule has 0 aromatic rings. The molecule has 1 fully saturated rings. The maximum atomic E-state index is 12.3. The third kappa shape index (κ3) is 3.55. The second-order valence-electron chi connectivity index (χ2n) is 5.32. The van der Waals surface area contributed by atoms with E-state index in [0.717, 1.165) is 0 Å². The molecule has 96 valence electrons. The van der Waals surface area contributed by atoms with Crippen molar-refractivity contribution >= 4 is 6.09 Å². The van der Waals surface area contributed by atoms with E-state index in [1.165, 1.54) is 4.90 Å². The Kier molecular flexibility index (Phi) is 3.60. The zero-order chi connectivity index (χ0) is 13.3. The van der Waals surface area contributed by atoms with Crippen molar-refractivity contribution in [3.8, 4) is 6.07 Å². The summed E-state index contributed by atoms with van der Waals surface area (Å²) < 4.78 is 29.6. The first-order valence-corrected chi connectivity index (χ1v) is 5.35. The highest BCUT2D eigenvalue weighted by atomic mass is 19.3. The second-order valence-corrected chi connectivity index (χ2v) is 5.32. The number of hydrogen-bond acceptors (Lipinski definition) is 3. The zero-order valence-corrected chi connectivity index (χ0v) is 10.2. The lowest BCUT2D eigenvalue weighted by molar-refractivity contribution is -0.0348. The van der Waals surface area contributed by atoms with Crippen LogP contribution in [0.15, 0.2) is 0 Å². The molecule has 0 aliphatic carbocycles. The molecule has 1 heterocycles. The number of hydrogen-bond donors (Lipinski definition) is 0. The number of nitrogens with zero attached hydrogens (tertiary/aromatic N) is 2. The van der Waals surface area contributed by atoms with Crippen molar-refractivity contribution in [2.45, 2.75) is 39.2 Å². The molecule has 17 heavy (non-hydrogen) atoms. The molecule has 0 aromatic carbocycles. The Bertz CT molecular complexity index is 338. The molecule has 1 saturated heterocycles. The number of halogens is 2. The van der Waals surface area contributed by atoms with Crippen LogP contribution in [-0.4, -0.2) is 36.1 Å². The predicted octanol–water partition coefficient (Wildman–Crippen LogP) is 2.40. The molecular formula is C11H16F2N2O2. The Morgan fingerprint density at radius 2 is 2.06 bits per heavy atom. The standard InChI is InChI=1S/C11H16F2N2O2/c1-10(2,3)17-9(16)15-6-11(5-14,7-15)4-8(12)13/h8H,4,6-7H2,1-3H3. The SMILES string of the molecule is CC(C)(C)OC(=O)N1CC(C#N)(CC(F)F)C1. The lowest BCUT2D eigenvalue weighted by atomic mass is 9.78. The lowest BCUT2D eigenvalue weighted by Gasteiger charge is -2.45. The Morgan fingerprint density at radius 1 is 1.53 bits per heavy atom. The number of alkyl halides is 2. The number of carbonyl (C=O) groups is 1. The largest absolute Gasteiger partial charge is 0.444 e. The van der Waals surface area contributed by atoms with Crippen LogP contribution in [0, 0.1) is 16.7 Å². The summed E-state index contributed by atoms with van der Waals surface area (Å²) in [6, 6.07) is 1.86. The monoisotopic (exact) mass is 246 g/mol. The van der Waals surface area contributed by atoms with E-state index in [1.54, 1.807) is 20.8 Å². The van der Waals surface area contributed by atoms with Crippen LogP contribution in [0.1, 0.15) is 27.2 Å². The third-order valence-corrected chi connectivity index (χ3v) is 2.42. The van der Waals surface area contributed by atoms with Crippen LogP contribution in [0.5, 0.6) is 0 Å². The average Bonchev–Trinajstić information content (AvgIpc) is 2.06. The number of likely N-dealkylation sites (tertiary alicyclic amines) is 1. The first-order valence-electron chi connectivity index (χ1n) is 5.35. The minimum absolute atomic E-state index is 0.0166. The Balaban J connectivity index is 2.50. The fourth-order valence-electron chi connectivity index (χ4n) is 1.68. The maximum Gasteiger partial charge on any atom is 0.410 e. The van der Waals surface area contributed by atoms with Crippen LogP contribution in [0.4, 0.5) is 13.6 Å². The summed E-state index contributed by atoms with van der Waals surface area (Å²) in [4.78, 5) is 12.8. The molecule has 0 bridgehead atoms. The summed E-state index contributed by atoms with van der Waals surface area (Å²) in [5.74, 6) is 0. The van der Waals surface area contributed by atoms with Gasteiger partial charge in [0.25, 0.3) is 0 Å². The summed E-state index contributed by atoms with van der Waals surface area (Å²) in [6.45, 7) is 5.20. The van der Waals surface area contributed by atoms with E-state index in [0.29, 0.717) is 0 Å². The Morgan fingerprint density at radius 3 is 2.41 bits per heavy atom. The number of carbonyl (C=O) groups excluding carboxylic acids is 1. The summed E-state index contributed by atoms with van der Waals surface area (Å²) in [5.41, 5.74) is -1.73. The van der Waals surface area contributed by atoms with Gasteiger partial charge in [0.05, 0.1) is 11.5 Å². The zero-order valence-electron chi connectivity index (χ0n) is 10.2. The van der Waals surface area contributed by atoms with Gasteiger partial charge in [-0.1, -0.05) is 0 Å². The molecule has 0 radical (unpaired) electrons. The molecule has 1 rings (SSSR count). The molecule has 0 saturated carbocycles. The van der Waals surface area contributed by atoms with Crippen LogP contribution in [-0.2, 0) is 4.74 Å². The minimum atomic E-state index is -2.53. The minimum Gasteiger partial charge on any atom is -0.444 e. The molecule has 0 spiro atoms. The fraction of sp³-hybridized carbons (Fsp3) is 0.818. The molecule has 1 aliphatic rings. The Labute approximate surface area is 99.1 Å². The van der Waals surface area contributed by atoms with Crippen molar-refractivity contribution in [3.63, 3.8) is 0 Å². The molecule has 0 atom stereocenters. The van der Waals surface area contributed by atoms with Crippen LogP contribution in [0.3, 0.4) is 0 Å². The van der Waals surface area contributed by atoms with Gasteiger partial charge < -0.3 is 9.64 Å². The van der Waals surface area contributed by atoms with Gasteiger partial charge in [-0.2, -0.15) is 5.26 Å².